The molecule has 0 spiro atoms. The van der Waals surface area contributed by atoms with Gasteiger partial charge in [-0.1, -0.05) is 24.3 Å². The van der Waals surface area contributed by atoms with Crippen LogP contribution in [0.15, 0.2) is 55.1 Å². The van der Waals surface area contributed by atoms with E-state index in [4.69, 9.17) is 4.74 Å². The topological polar surface area (TPSA) is 67.3 Å². The minimum absolute atomic E-state index is 0.0277. The number of benzene rings is 2. The number of fused-ring (bicyclic) bond motifs is 1. The summed E-state index contributed by atoms with van der Waals surface area (Å²) in [6.45, 7) is 4.30. The average molecular weight is 307 g/mol. The van der Waals surface area contributed by atoms with Crippen molar-refractivity contribution in [2.75, 3.05) is 19.0 Å². The SMILES string of the molecule is C=CCNc1nc(-c2cccc(OC)c2O)nc2ccccc12. The van der Waals surface area contributed by atoms with Crippen LogP contribution in [0.1, 0.15) is 0 Å². The molecule has 2 N–H and O–H groups in total. The highest BCUT2D eigenvalue weighted by molar-refractivity contribution is 5.91. The smallest absolute Gasteiger partial charge is 0.168 e. The van der Waals surface area contributed by atoms with E-state index in [0.29, 0.717) is 29.5 Å². The molecule has 0 fully saturated rings. The third kappa shape index (κ3) is 2.81. The lowest BCUT2D eigenvalue weighted by molar-refractivity contribution is 0.374. The van der Waals surface area contributed by atoms with Crippen LogP contribution >= 0.6 is 0 Å². The van der Waals surface area contributed by atoms with Gasteiger partial charge in [-0.05, 0) is 24.3 Å². The number of anilines is 1. The number of nitrogens with zero attached hydrogens (tertiary/aromatic N) is 2. The number of hydrogen-bond acceptors (Lipinski definition) is 5. The Balaban J connectivity index is 2.20. The third-order valence-electron chi connectivity index (χ3n) is 3.48. The monoisotopic (exact) mass is 307 g/mol. The van der Waals surface area contributed by atoms with E-state index in [9.17, 15) is 5.11 Å². The summed E-state index contributed by atoms with van der Waals surface area (Å²) in [5.74, 6) is 1.55. The summed E-state index contributed by atoms with van der Waals surface area (Å²) in [5, 5.41) is 14.5. The van der Waals surface area contributed by atoms with Gasteiger partial charge in [-0.25, -0.2) is 9.97 Å². The van der Waals surface area contributed by atoms with Gasteiger partial charge < -0.3 is 15.2 Å². The molecule has 2 aromatic carbocycles. The Morgan fingerprint density at radius 2 is 2.00 bits per heavy atom. The van der Waals surface area contributed by atoms with E-state index in [2.05, 4.69) is 21.9 Å². The van der Waals surface area contributed by atoms with Crippen molar-refractivity contribution in [2.24, 2.45) is 0 Å². The van der Waals surface area contributed by atoms with Gasteiger partial charge in [0.15, 0.2) is 17.3 Å². The fourth-order valence-electron chi connectivity index (χ4n) is 2.37. The highest BCUT2D eigenvalue weighted by Gasteiger charge is 2.14. The van der Waals surface area contributed by atoms with Gasteiger partial charge in [0.25, 0.3) is 0 Å². The Hall–Kier alpha value is -3.08. The zero-order valence-corrected chi connectivity index (χ0v) is 12.8. The number of ether oxygens (including phenoxy) is 1. The van der Waals surface area contributed by atoms with E-state index in [-0.39, 0.29) is 5.75 Å². The van der Waals surface area contributed by atoms with Crippen molar-refractivity contribution in [3.8, 4) is 22.9 Å². The Morgan fingerprint density at radius 3 is 2.78 bits per heavy atom. The highest BCUT2D eigenvalue weighted by Crippen LogP contribution is 2.36. The molecule has 0 aliphatic carbocycles. The van der Waals surface area contributed by atoms with Crippen molar-refractivity contribution in [2.45, 2.75) is 0 Å². The van der Waals surface area contributed by atoms with Crippen LogP contribution in [0.4, 0.5) is 5.82 Å². The minimum Gasteiger partial charge on any atom is -0.504 e. The Labute approximate surface area is 134 Å². The van der Waals surface area contributed by atoms with E-state index in [1.54, 1.807) is 24.3 Å². The van der Waals surface area contributed by atoms with E-state index >= 15 is 0 Å². The maximum absolute atomic E-state index is 10.3. The summed E-state index contributed by atoms with van der Waals surface area (Å²) in [4.78, 5) is 9.12. The first-order chi connectivity index (χ1) is 11.2. The first-order valence-electron chi connectivity index (χ1n) is 7.22. The average Bonchev–Trinajstić information content (AvgIpc) is 2.59. The first-order valence-corrected chi connectivity index (χ1v) is 7.22. The molecular weight excluding hydrogens is 290 g/mol. The molecule has 0 aliphatic heterocycles. The summed E-state index contributed by atoms with van der Waals surface area (Å²) in [7, 11) is 1.51. The Bertz CT molecular complexity index is 862. The number of phenolic OH excluding ortho intramolecular Hbond substituents is 1. The number of phenols is 1. The van der Waals surface area contributed by atoms with Crippen molar-refractivity contribution in [1.82, 2.24) is 9.97 Å². The molecule has 116 valence electrons. The first kappa shape index (κ1) is 14.8. The number of methoxy groups -OCH3 is 1. The maximum atomic E-state index is 10.3. The zero-order valence-electron chi connectivity index (χ0n) is 12.8. The van der Waals surface area contributed by atoms with Gasteiger partial charge in [-0.2, -0.15) is 0 Å². The molecule has 0 aliphatic rings. The van der Waals surface area contributed by atoms with E-state index < -0.39 is 0 Å². The van der Waals surface area contributed by atoms with Crippen LogP contribution in [-0.2, 0) is 0 Å². The highest BCUT2D eigenvalue weighted by atomic mass is 16.5. The van der Waals surface area contributed by atoms with E-state index in [1.807, 2.05) is 24.3 Å². The van der Waals surface area contributed by atoms with Crippen LogP contribution in [0.3, 0.4) is 0 Å². The molecule has 3 rings (SSSR count). The largest absolute Gasteiger partial charge is 0.504 e. The van der Waals surface area contributed by atoms with E-state index in [0.717, 1.165) is 10.9 Å². The summed E-state index contributed by atoms with van der Waals surface area (Å²) >= 11 is 0. The Kier molecular flexibility index (Phi) is 4.10. The summed E-state index contributed by atoms with van der Waals surface area (Å²) < 4.78 is 5.16. The number of hydrogen-bond donors (Lipinski definition) is 2. The van der Waals surface area contributed by atoms with Crippen LogP contribution in [0.2, 0.25) is 0 Å². The second-order valence-corrected chi connectivity index (χ2v) is 4.94. The van der Waals surface area contributed by atoms with Crippen LogP contribution in [0.5, 0.6) is 11.5 Å². The number of rotatable bonds is 5. The van der Waals surface area contributed by atoms with Gasteiger partial charge in [0.1, 0.15) is 5.82 Å². The molecule has 23 heavy (non-hydrogen) atoms. The molecule has 0 saturated heterocycles. The van der Waals surface area contributed by atoms with Crippen LogP contribution in [-0.4, -0.2) is 28.7 Å². The minimum atomic E-state index is 0.0277. The van der Waals surface area contributed by atoms with Crippen molar-refractivity contribution in [1.29, 1.82) is 0 Å². The molecule has 0 amide bonds. The van der Waals surface area contributed by atoms with Crippen molar-refractivity contribution in [3.63, 3.8) is 0 Å². The second-order valence-electron chi connectivity index (χ2n) is 4.94. The van der Waals surface area contributed by atoms with Gasteiger partial charge in [0.05, 0.1) is 18.2 Å². The molecule has 1 aromatic heterocycles. The number of para-hydroxylation sites is 2. The molecule has 0 bridgehead atoms. The van der Waals surface area contributed by atoms with Gasteiger partial charge in [0, 0.05) is 11.9 Å². The fourth-order valence-corrected chi connectivity index (χ4v) is 2.37. The normalized spacial score (nSPS) is 10.5. The molecule has 0 radical (unpaired) electrons. The van der Waals surface area contributed by atoms with Crippen molar-refractivity contribution >= 4 is 16.7 Å². The lowest BCUT2D eigenvalue weighted by atomic mass is 10.1. The molecule has 0 saturated carbocycles. The number of aromatic hydroxyl groups is 1. The molecule has 5 heteroatoms. The summed E-state index contributed by atoms with van der Waals surface area (Å²) in [6.07, 6.45) is 1.76. The second kappa shape index (κ2) is 6.36. The van der Waals surface area contributed by atoms with Crippen LogP contribution in [0.25, 0.3) is 22.3 Å². The summed E-state index contributed by atoms with van der Waals surface area (Å²) in [6, 6.07) is 13.0. The molecule has 0 atom stereocenters. The van der Waals surface area contributed by atoms with Gasteiger partial charge >= 0.3 is 0 Å². The van der Waals surface area contributed by atoms with E-state index in [1.165, 1.54) is 7.11 Å². The number of nitrogens with one attached hydrogen (secondary N) is 1. The maximum Gasteiger partial charge on any atom is 0.168 e. The molecule has 5 nitrogen and oxygen atoms in total. The van der Waals surface area contributed by atoms with Gasteiger partial charge in [-0.15, -0.1) is 6.58 Å². The molecular formula is C18H17N3O2. The number of aromatic nitrogens is 2. The van der Waals surface area contributed by atoms with Gasteiger partial charge in [-0.3, -0.25) is 0 Å². The fraction of sp³-hybridized carbons (Fsp3) is 0.111. The van der Waals surface area contributed by atoms with Crippen LogP contribution < -0.4 is 10.1 Å². The van der Waals surface area contributed by atoms with Crippen molar-refractivity contribution < 1.29 is 9.84 Å². The quantitative estimate of drug-likeness (QED) is 0.705. The molecule has 3 aromatic rings. The Morgan fingerprint density at radius 1 is 1.17 bits per heavy atom. The lowest BCUT2D eigenvalue weighted by Gasteiger charge is -2.11. The zero-order chi connectivity index (χ0) is 16.2. The standard InChI is InChI=1S/C18H17N3O2/c1-3-11-19-17-12-7-4-5-9-14(12)20-18(21-17)13-8-6-10-15(23-2)16(13)22/h3-10,22H,1,11H2,2H3,(H,19,20,21). The summed E-state index contributed by atoms with van der Waals surface area (Å²) in [5.41, 5.74) is 1.32. The van der Waals surface area contributed by atoms with Crippen molar-refractivity contribution in [3.05, 3.63) is 55.1 Å². The predicted octanol–water partition coefficient (Wildman–Crippen LogP) is 3.61. The third-order valence-corrected chi connectivity index (χ3v) is 3.48. The lowest BCUT2D eigenvalue weighted by Crippen LogP contribution is -2.03. The predicted molar refractivity (Wildman–Crippen MR) is 91.9 cm³/mol. The molecule has 0 unspecified atom stereocenters. The molecule has 1 heterocycles. The van der Waals surface area contributed by atoms with Crippen LogP contribution in [0, 0.1) is 0 Å². The van der Waals surface area contributed by atoms with Gasteiger partial charge in [0.2, 0.25) is 0 Å².